The molecule has 5 rings (SSSR count). The number of benzene rings is 1. The molecule has 1 aromatic carbocycles. The molecule has 1 aromatic heterocycles. The van der Waals surface area contributed by atoms with Crippen LogP contribution in [0.5, 0.6) is 11.5 Å². The highest BCUT2D eigenvalue weighted by Crippen LogP contribution is 2.39. The second kappa shape index (κ2) is 8.05. The third-order valence-electron chi connectivity index (χ3n) is 6.73. The highest BCUT2D eigenvalue weighted by atomic mass is 16.5. The molecule has 0 unspecified atom stereocenters. The lowest BCUT2D eigenvalue weighted by molar-refractivity contribution is -0.0236. The van der Waals surface area contributed by atoms with Crippen LogP contribution in [0.4, 0.5) is 0 Å². The number of aromatic nitrogens is 1. The molecule has 5 heteroatoms. The molecule has 158 valence electrons. The smallest absolute Gasteiger partial charge is 0.141 e. The zero-order chi connectivity index (χ0) is 20.7. The third kappa shape index (κ3) is 3.96. The Morgan fingerprint density at radius 3 is 2.73 bits per heavy atom. The van der Waals surface area contributed by atoms with Crippen molar-refractivity contribution in [3.8, 4) is 11.5 Å². The maximum atomic E-state index is 10.7. The van der Waals surface area contributed by atoms with E-state index in [1.54, 1.807) is 0 Å². The van der Waals surface area contributed by atoms with Crippen molar-refractivity contribution >= 4 is 6.08 Å². The lowest BCUT2D eigenvalue weighted by Crippen LogP contribution is -2.42. The zero-order valence-corrected chi connectivity index (χ0v) is 17.8. The molecule has 3 aliphatic rings. The Morgan fingerprint density at radius 2 is 1.90 bits per heavy atom. The number of aliphatic hydroxyl groups is 1. The Morgan fingerprint density at radius 1 is 1.10 bits per heavy atom. The maximum Gasteiger partial charge on any atom is 0.141 e. The topological polar surface area (TPSA) is 54.8 Å². The summed E-state index contributed by atoms with van der Waals surface area (Å²) in [6, 6.07) is 12.2. The molecular formula is C25H30N2O3. The van der Waals surface area contributed by atoms with Crippen molar-refractivity contribution in [2.75, 3.05) is 26.2 Å². The molecule has 1 saturated heterocycles. The summed E-state index contributed by atoms with van der Waals surface area (Å²) in [6.07, 6.45) is 3.40. The van der Waals surface area contributed by atoms with E-state index in [1.165, 1.54) is 11.1 Å². The van der Waals surface area contributed by atoms with Crippen LogP contribution in [0.1, 0.15) is 29.8 Å². The quantitative estimate of drug-likeness (QED) is 0.840. The number of para-hydroxylation sites is 1. The Bertz CT molecular complexity index is 957. The van der Waals surface area contributed by atoms with Gasteiger partial charge in [-0.1, -0.05) is 18.2 Å². The van der Waals surface area contributed by atoms with Gasteiger partial charge in [0.15, 0.2) is 0 Å². The van der Waals surface area contributed by atoms with Crippen molar-refractivity contribution in [3.05, 3.63) is 58.9 Å². The van der Waals surface area contributed by atoms with Gasteiger partial charge in [0.2, 0.25) is 0 Å². The number of fused-ring (bicyclic) bond motifs is 2. The van der Waals surface area contributed by atoms with Crippen molar-refractivity contribution < 1.29 is 14.6 Å². The maximum absolute atomic E-state index is 10.7. The fraction of sp³-hybridized carbons (Fsp3) is 0.480. The Labute approximate surface area is 178 Å². The Balaban J connectivity index is 1.22. The minimum Gasteiger partial charge on any atom is -0.489 e. The largest absolute Gasteiger partial charge is 0.489 e. The van der Waals surface area contributed by atoms with Gasteiger partial charge in [0.25, 0.3) is 0 Å². The number of aliphatic hydroxyl groups excluding tert-OH is 1. The molecule has 3 heterocycles. The fourth-order valence-corrected chi connectivity index (χ4v) is 5.25. The first-order valence-corrected chi connectivity index (χ1v) is 11.0. The van der Waals surface area contributed by atoms with E-state index in [-0.39, 0.29) is 6.10 Å². The first kappa shape index (κ1) is 19.6. The highest BCUT2D eigenvalue weighted by molar-refractivity contribution is 5.62. The molecular weight excluding hydrogens is 376 g/mol. The molecule has 5 nitrogen and oxygen atoms in total. The van der Waals surface area contributed by atoms with E-state index in [1.807, 2.05) is 38.1 Å². The molecule has 4 atom stereocenters. The summed E-state index contributed by atoms with van der Waals surface area (Å²) in [5.41, 5.74) is 4.37. The molecule has 1 N–H and O–H groups in total. The monoisotopic (exact) mass is 406 g/mol. The van der Waals surface area contributed by atoms with Gasteiger partial charge in [-0.15, -0.1) is 0 Å². The molecule has 0 amide bonds. The summed E-state index contributed by atoms with van der Waals surface area (Å²) >= 11 is 0. The van der Waals surface area contributed by atoms with Crippen molar-refractivity contribution in [1.29, 1.82) is 0 Å². The van der Waals surface area contributed by atoms with Crippen LogP contribution in [0.3, 0.4) is 0 Å². The van der Waals surface area contributed by atoms with Crippen molar-refractivity contribution in [1.82, 2.24) is 9.88 Å². The standard InChI is InChI=1S/C25H30N2O3/c1-16-7-8-23(17(2)26-16)30-25-11-21-14-27(13-20(21)10-22(25)28)12-18-9-19-5-3-4-6-24(19)29-15-18/h3-9,20-22,25,28H,10-15H2,1-2H3/t20-,21+,22+,25+/m0/s1. The number of nitrogens with zero attached hydrogens (tertiary/aromatic N) is 2. The molecule has 1 saturated carbocycles. The summed E-state index contributed by atoms with van der Waals surface area (Å²) < 4.78 is 12.1. The molecule has 2 fully saturated rings. The van der Waals surface area contributed by atoms with Gasteiger partial charge in [-0.05, 0) is 68.4 Å². The van der Waals surface area contributed by atoms with Gasteiger partial charge < -0.3 is 14.6 Å². The zero-order valence-electron chi connectivity index (χ0n) is 17.8. The number of hydrogen-bond donors (Lipinski definition) is 1. The van der Waals surface area contributed by atoms with E-state index in [0.717, 1.165) is 55.4 Å². The van der Waals surface area contributed by atoms with Gasteiger partial charge in [-0.3, -0.25) is 9.88 Å². The van der Waals surface area contributed by atoms with E-state index in [0.29, 0.717) is 18.4 Å². The van der Waals surface area contributed by atoms with Crippen LogP contribution in [0.25, 0.3) is 6.08 Å². The minimum atomic E-state index is -0.420. The van der Waals surface area contributed by atoms with Crippen molar-refractivity contribution in [2.24, 2.45) is 11.8 Å². The number of pyridine rings is 1. The Kier molecular flexibility index (Phi) is 5.25. The number of aryl methyl sites for hydroxylation is 2. The van der Waals surface area contributed by atoms with E-state index in [9.17, 15) is 5.11 Å². The predicted molar refractivity (Wildman–Crippen MR) is 117 cm³/mol. The van der Waals surface area contributed by atoms with Gasteiger partial charge in [-0.2, -0.15) is 0 Å². The van der Waals surface area contributed by atoms with Gasteiger partial charge in [0.1, 0.15) is 24.2 Å². The normalized spacial score (nSPS) is 28.3. The minimum absolute atomic E-state index is 0.154. The van der Waals surface area contributed by atoms with Crippen molar-refractivity contribution in [2.45, 2.75) is 38.9 Å². The van der Waals surface area contributed by atoms with E-state index < -0.39 is 6.10 Å². The second-order valence-electron chi connectivity index (χ2n) is 9.07. The molecule has 0 bridgehead atoms. The van der Waals surface area contributed by atoms with Crippen LogP contribution >= 0.6 is 0 Å². The van der Waals surface area contributed by atoms with Crippen LogP contribution in [0.2, 0.25) is 0 Å². The average Bonchev–Trinajstić information content (AvgIpc) is 3.11. The van der Waals surface area contributed by atoms with Gasteiger partial charge in [0.05, 0.1) is 11.8 Å². The SMILES string of the molecule is Cc1ccc(O[C@@H]2C[C@@H]3CN(CC4=Cc5ccccc5OC4)C[C@@H]3C[C@H]2O)c(C)n1. The molecule has 2 aliphatic heterocycles. The second-order valence-corrected chi connectivity index (χ2v) is 9.07. The molecule has 2 aromatic rings. The first-order valence-electron chi connectivity index (χ1n) is 11.0. The van der Waals surface area contributed by atoms with Gasteiger partial charge >= 0.3 is 0 Å². The number of likely N-dealkylation sites (tertiary alicyclic amines) is 1. The van der Waals surface area contributed by atoms with Gasteiger partial charge in [0, 0.05) is 30.9 Å². The summed E-state index contributed by atoms with van der Waals surface area (Å²) in [5.74, 6) is 2.87. The van der Waals surface area contributed by atoms with Crippen LogP contribution in [-0.2, 0) is 0 Å². The first-order chi connectivity index (χ1) is 14.5. The number of rotatable bonds is 4. The Hall–Kier alpha value is -2.37. The van der Waals surface area contributed by atoms with Crippen molar-refractivity contribution in [3.63, 3.8) is 0 Å². The van der Waals surface area contributed by atoms with E-state index >= 15 is 0 Å². The van der Waals surface area contributed by atoms with Crippen LogP contribution in [0, 0.1) is 25.7 Å². The predicted octanol–water partition coefficient (Wildman–Crippen LogP) is 3.62. The molecule has 0 spiro atoms. The lowest BCUT2D eigenvalue weighted by atomic mass is 9.78. The van der Waals surface area contributed by atoms with Gasteiger partial charge in [-0.25, -0.2) is 0 Å². The molecule has 0 radical (unpaired) electrons. The lowest BCUT2D eigenvalue weighted by Gasteiger charge is -2.35. The van der Waals surface area contributed by atoms with E-state index in [4.69, 9.17) is 9.47 Å². The molecule has 1 aliphatic carbocycles. The average molecular weight is 407 g/mol. The summed E-state index contributed by atoms with van der Waals surface area (Å²) in [7, 11) is 0. The van der Waals surface area contributed by atoms with E-state index in [2.05, 4.69) is 28.1 Å². The summed E-state index contributed by atoms with van der Waals surface area (Å²) in [6.45, 7) is 7.64. The summed E-state index contributed by atoms with van der Waals surface area (Å²) in [5, 5.41) is 10.7. The fourth-order valence-electron chi connectivity index (χ4n) is 5.25. The highest BCUT2D eigenvalue weighted by Gasteiger charge is 2.42. The number of hydrogen-bond acceptors (Lipinski definition) is 5. The number of ether oxygens (including phenoxy) is 2. The van der Waals surface area contributed by atoms with Crippen LogP contribution in [-0.4, -0.2) is 53.4 Å². The van der Waals surface area contributed by atoms with Crippen LogP contribution in [0.15, 0.2) is 42.0 Å². The third-order valence-corrected chi connectivity index (χ3v) is 6.73. The molecule has 30 heavy (non-hydrogen) atoms. The van der Waals surface area contributed by atoms with Crippen LogP contribution < -0.4 is 9.47 Å². The summed E-state index contributed by atoms with van der Waals surface area (Å²) in [4.78, 5) is 7.01.